The summed E-state index contributed by atoms with van der Waals surface area (Å²) in [6, 6.07) is 11.7. The molecule has 1 saturated carbocycles. The van der Waals surface area contributed by atoms with Gasteiger partial charge in [-0.05, 0) is 77.5 Å². The van der Waals surface area contributed by atoms with Crippen LogP contribution in [0.1, 0.15) is 68.6 Å². The molecule has 3 unspecified atom stereocenters. The van der Waals surface area contributed by atoms with E-state index in [0.29, 0.717) is 17.6 Å². The average molecular weight is 330 g/mol. The van der Waals surface area contributed by atoms with Crippen LogP contribution in [0.3, 0.4) is 0 Å². The second-order valence-corrected chi connectivity index (χ2v) is 8.50. The van der Waals surface area contributed by atoms with Gasteiger partial charge in [-0.25, -0.2) is 0 Å². The van der Waals surface area contributed by atoms with Gasteiger partial charge in [-0.15, -0.1) is 0 Å². The largest absolute Gasteiger partial charge is 0.299 e. The number of Topliss-reactive ketones (excluding diaryl/α,β-unsaturated/α-hetero) is 1. The van der Waals surface area contributed by atoms with E-state index in [0.717, 1.165) is 38.5 Å². The summed E-state index contributed by atoms with van der Waals surface area (Å²) in [4.78, 5) is 13.1. The fourth-order valence-corrected chi connectivity index (χ4v) is 5.60. The maximum absolute atomic E-state index is 13.1. The first-order valence-electron chi connectivity index (χ1n) is 9.90. The van der Waals surface area contributed by atoms with E-state index in [-0.39, 0.29) is 5.41 Å². The van der Waals surface area contributed by atoms with Gasteiger partial charge in [0.15, 0.2) is 0 Å². The second-order valence-electron chi connectivity index (χ2n) is 8.50. The minimum absolute atomic E-state index is 0.196. The molecule has 0 N–H and O–H groups in total. The summed E-state index contributed by atoms with van der Waals surface area (Å²) in [5.41, 5.74) is 5.54. The Balaban J connectivity index is 1.71. The SMILES string of the molecule is CCC(C)c1ccc2cc3c(cc2c1)C1(CC2=CCC1C2)C(=O)CC3. The number of rotatable bonds is 2. The normalized spacial score (nSPS) is 28.5. The van der Waals surface area contributed by atoms with Gasteiger partial charge in [0.1, 0.15) is 5.78 Å². The molecule has 0 radical (unpaired) electrons. The summed E-state index contributed by atoms with van der Waals surface area (Å²) >= 11 is 0. The summed E-state index contributed by atoms with van der Waals surface area (Å²) in [7, 11) is 0. The number of carbonyl (C=O) groups excluding carboxylic acids is 1. The molecule has 0 amide bonds. The van der Waals surface area contributed by atoms with Crippen LogP contribution in [0.2, 0.25) is 0 Å². The molecule has 5 rings (SSSR count). The zero-order valence-corrected chi connectivity index (χ0v) is 15.3. The Hall–Kier alpha value is -1.89. The Morgan fingerprint density at radius 2 is 2.04 bits per heavy atom. The fourth-order valence-electron chi connectivity index (χ4n) is 5.60. The van der Waals surface area contributed by atoms with Gasteiger partial charge >= 0.3 is 0 Å². The highest BCUT2D eigenvalue weighted by atomic mass is 16.1. The maximum atomic E-state index is 13.1. The van der Waals surface area contributed by atoms with Crippen LogP contribution in [-0.2, 0) is 16.6 Å². The van der Waals surface area contributed by atoms with Crippen molar-refractivity contribution in [3.05, 3.63) is 58.7 Å². The molecule has 1 fully saturated rings. The van der Waals surface area contributed by atoms with Crippen molar-refractivity contribution in [2.75, 3.05) is 0 Å². The topological polar surface area (TPSA) is 17.1 Å². The molecule has 1 spiro atoms. The average Bonchev–Trinajstić information content (AvgIpc) is 3.25. The highest BCUT2D eigenvalue weighted by Crippen LogP contribution is 2.57. The first-order chi connectivity index (χ1) is 12.1. The molecule has 0 aromatic heterocycles. The smallest absolute Gasteiger partial charge is 0.144 e. The van der Waals surface area contributed by atoms with Crippen LogP contribution in [-0.4, -0.2) is 5.78 Å². The third-order valence-corrected chi connectivity index (χ3v) is 7.27. The number of allylic oxidation sites excluding steroid dienone is 2. The molecule has 3 aliphatic carbocycles. The zero-order chi connectivity index (χ0) is 17.2. The molecule has 3 atom stereocenters. The van der Waals surface area contributed by atoms with Crippen molar-refractivity contribution in [3.8, 4) is 0 Å². The second kappa shape index (κ2) is 5.30. The van der Waals surface area contributed by atoms with Gasteiger partial charge in [0.2, 0.25) is 0 Å². The minimum atomic E-state index is -0.196. The van der Waals surface area contributed by atoms with Crippen LogP contribution >= 0.6 is 0 Å². The van der Waals surface area contributed by atoms with Gasteiger partial charge in [-0.1, -0.05) is 49.8 Å². The summed E-state index contributed by atoms with van der Waals surface area (Å²) in [5, 5.41) is 2.65. The predicted octanol–water partition coefficient (Wildman–Crippen LogP) is 5.85. The number of benzene rings is 2. The molecule has 1 heteroatoms. The number of carbonyl (C=O) groups is 1. The molecule has 0 saturated heterocycles. The molecule has 0 heterocycles. The van der Waals surface area contributed by atoms with Crippen molar-refractivity contribution in [1.82, 2.24) is 0 Å². The first kappa shape index (κ1) is 15.4. The number of hydrogen-bond acceptors (Lipinski definition) is 1. The lowest BCUT2D eigenvalue weighted by Gasteiger charge is -2.40. The van der Waals surface area contributed by atoms with Crippen LogP contribution < -0.4 is 0 Å². The van der Waals surface area contributed by atoms with E-state index in [1.165, 1.54) is 33.0 Å². The van der Waals surface area contributed by atoms with Crippen LogP contribution in [0.5, 0.6) is 0 Å². The number of ketones is 1. The Morgan fingerprint density at radius 3 is 2.76 bits per heavy atom. The van der Waals surface area contributed by atoms with Gasteiger partial charge in [-0.2, -0.15) is 0 Å². The van der Waals surface area contributed by atoms with E-state index in [9.17, 15) is 4.79 Å². The van der Waals surface area contributed by atoms with E-state index in [4.69, 9.17) is 0 Å². The van der Waals surface area contributed by atoms with Crippen molar-refractivity contribution < 1.29 is 4.79 Å². The molecular formula is C24H26O. The molecule has 1 nitrogen and oxygen atoms in total. The third kappa shape index (κ3) is 2.05. The third-order valence-electron chi connectivity index (χ3n) is 7.27. The molecular weight excluding hydrogens is 304 g/mol. The number of fused-ring (bicyclic) bond motifs is 6. The molecule has 25 heavy (non-hydrogen) atoms. The zero-order valence-electron chi connectivity index (χ0n) is 15.3. The predicted molar refractivity (Wildman–Crippen MR) is 103 cm³/mol. The summed E-state index contributed by atoms with van der Waals surface area (Å²) in [5.74, 6) is 1.61. The molecule has 2 aromatic carbocycles. The van der Waals surface area contributed by atoms with Gasteiger partial charge in [-0.3, -0.25) is 4.79 Å². The Labute approximate surface area is 150 Å². The Morgan fingerprint density at radius 1 is 1.16 bits per heavy atom. The monoisotopic (exact) mass is 330 g/mol. The lowest BCUT2D eigenvalue weighted by molar-refractivity contribution is -0.126. The Kier molecular flexibility index (Phi) is 3.26. The standard InChI is InChI=1S/C24H26O/c1-3-15(2)17-5-6-18-12-19-7-9-23(25)24(22(19)13-20(18)11-17)14-16-4-8-21(24)10-16/h4-6,11-13,15,21H,3,7-10,14H2,1-2H3. The van der Waals surface area contributed by atoms with E-state index in [1.807, 2.05) is 0 Å². The van der Waals surface area contributed by atoms with Crippen LogP contribution in [0, 0.1) is 5.92 Å². The number of aryl methyl sites for hydroxylation is 1. The van der Waals surface area contributed by atoms with E-state index >= 15 is 0 Å². The highest BCUT2D eigenvalue weighted by molar-refractivity contribution is 5.96. The highest BCUT2D eigenvalue weighted by Gasteiger charge is 2.55. The van der Waals surface area contributed by atoms with Gasteiger partial charge in [0, 0.05) is 6.42 Å². The first-order valence-corrected chi connectivity index (χ1v) is 9.90. The molecule has 0 aliphatic heterocycles. The van der Waals surface area contributed by atoms with Crippen molar-refractivity contribution >= 4 is 16.6 Å². The summed E-state index contributed by atoms with van der Waals surface area (Å²) in [6.07, 6.45) is 8.44. The quantitative estimate of drug-likeness (QED) is 0.632. The fraction of sp³-hybridized carbons (Fsp3) is 0.458. The lowest BCUT2D eigenvalue weighted by atomic mass is 9.61. The van der Waals surface area contributed by atoms with Crippen molar-refractivity contribution in [3.63, 3.8) is 0 Å². The van der Waals surface area contributed by atoms with Crippen LogP contribution in [0.4, 0.5) is 0 Å². The van der Waals surface area contributed by atoms with Crippen molar-refractivity contribution in [2.24, 2.45) is 5.92 Å². The van der Waals surface area contributed by atoms with Crippen LogP contribution in [0.25, 0.3) is 10.8 Å². The minimum Gasteiger partial charge on any atom is -0.299 e. The maximum Gasteiger partial charge on any atom is 0.144 e. The van der Waals surface area contributed by atoms with E-state index < -0.39 is 0 Å². The molecule has 2 aromatic rings. The molecule has 3 aliphatic rings. The lowest BCUT2D eigenvalue weighted by Crippen LogP contribution is -2.43. The molecule has 128 valence electrons. The van der Waals surface area contributed by atoms with E-state index in [2.05, 4.69) is 50.3 Å². The van der Waals surface area contributed by atoms with Gasteiger partial charge in [0.25, 0.3) is 0 Å². The van der Waals surface area contributed by atoms with Gasteiger partial charge < -0.3 is 0 Å². The number of hydrogen-bond donors (Lipinski definition) is 0. The van der Waals surface area contributed by atoms with Crippen molar-refractivity contribution in [2.45, 2.75) is 63.7 Å². The van der Waals surface area contributed by atoms with Gasteiger partial charge in [0.05, 0.1) is 5.41 Å². The summed E-state index contributed by atoms with van der Waals surface area (Å²) < 4.78 is 0. The molecule has 2 bridgehead atoms. The Bertz CT molecular complexity index is 919. The van der Waals surface area contributed by atoms with Crippen molar-refractivity contribution in [1.29, 1.82) is 0 Å². The van der Waals surface area contributed by atoms with Crippen LogP contribution in [0.15, 0.2) is 42.0 Å². The summed E-state index contributed by atoms with van der Waals surface area (Å²) in [6.45, 7) is 4.55. The van der Waals surface area contributed by atoms with E-state index in [1.54, 1.807) is 0 Å².